The molecule has 40 heavy (non-hydrogen) atoms. The molecule has 0 radical (unpaired) electrons. The van der Waals surface area contributed by atoms with E-state index in [9.17, 15) is 19.2 Å². The van der Waals surface area contributed by atoms with Gasteiger partial charge in [-0.1, -0.05) is 48.5 Å². The largest absolute Gasteiger partial charge is 0.321 e. The summed E-state index contributed by atoms with van der Waals surface area (Å²) in [4.78, 5) is 56.1. The Morgan fingerprint density at radius 1 is 0.450 bits per heavy atom. The van der Waals surface area contributed by atoms with E-state index in [1.165, 1.54) is 0 Å². The van der Waals surface area contributed by atoms with Crippen LogP contribution in [0.15, 0.2) is 82.6 Å². The van der Waals surface area contributed by atoms with Gasteiger partial charge < -0.3 is 10.6 Å². The average molecular weight is 563 g/mol. The molecule has 196 valence electrons. The lowest BCUT2D eigenvalue weighted by Crippen LogP contribution is -2.25. The van der Waals surface area contributed by atoms with E-state index in [1.54, 1.807) is 12.1 Å². The van der Waals surface area contributed by atoms with Crippen molar-refractivity contribution in [3.8, 4) is 0 Å². The number of aryl methyl sites for hydroxylation is 4. The van der Waals surface area contributed by atoms with Gasteiger partial charge in [-0.15, -0.1) is 0 Å². The third kappa shape index (κ3) is 4.15. The van der Waals surface area contributed by atoms with Crippen molar-refractivity contribution >= 4 is 56.9 Å². The first-order valence-electron chi connectivity index (χ1n) is 13.0. The van der Waals surface area contributed by atoms with Crippen LogP contribution in [-0.4, -0.2) is 22.0 Å². The number of fused-ring (bicyclic) bond motifs is 6. The first-order chi connectivity index (χ1) is 19.5. The van der Waals surface area contributed by atoms with Crippen molar-refractivity contribution in [3.63, 3.8) is 0 Å². The normalized spacial score (nSPS) is 16.0. The molecule has 0 spiro atoms. The molecule has 0 saturated carbocycles. The minimum Gasteiger partial charge on any atom is -0.321 e. The van der Waals surface area contributed by atoms with Crippen molar-refractivity contribution in [2.75, 3.05) is 10.6 Å². The first kappa shape index (κ1) is 24.9. The molecule has 2 amide bonds. The van der Waals surface area contributed by atoms with Gasteiger partial charge in [-0.05, 0) is 95.7 Å². The van der Waals surface area contributed by atoms with Crippen LogP contribution in [0.25, 0.3) is 0 Å². The second-order valence-corrected chi connectivity index (χ2v) is 12.0. The third-order valence-electron chi connectivity index (χ3n) is 7.62. The highest BCUT2D eigenvalue weighted by atomic mass is 32.2. The zero-order chi connectivity index (χ0) is 27.4. The summed E-state index contributed by atoms with van der Waals surface area (Å²) in [6.07, 6.45) is 1.72. The van der Waals surface area contributed by atoms with Crippen molar-refractivity contribution in [3.05, 3.63) is 117 Å². The molecular weight excluding hydrogens is 540 g/mol. The number of benzene rings is 4. The summed E-state index contributed by atoms with van der Waals surface area (Å²) in [6, 6.07) is 22.3. The lowest BCUT2D eigenvalue weighted by molar-refractivity contribution is 0.100. The summed E-state index contributed by atoms with van der Waals surface area (Å²) in [7, 11) is 0. The molecule has 8 heteroatoms. The number of hydrogen-bond acceptors (Lipinski definition) is 6. The molecule has 0 unspecified atom stereocenters. The van der Waals surface area contributed by atoms with Gasteiger partial charge in [0.05, 0.1) is 22.5 Å². The molecule has 2 N–H and O–H groups in total. The summed E-state index contributed by atoms with van der Waals surface area (Å²) in [5.74, 6) is -0.620. The second-order valence-electron chi connectivity index (χ2n) is 9.95. The minimum atomic E-state index is -0.310. The van der Waals surface area contributed by atoms with E-state index < -0.39 is 0 Å². The molecule has 4 aromatic carbocycles. The number of para-hydroxylation sites is 2. The number of nitrogens with one attached hydrogen (secondary N) is 2. The van der Waals surface area contributed by atoms with Crippen LogP contribution < -0.4 is 10.6 Å². The molecule has 4 bridgehead atoms. The van der Waals surface area contributed by atoms with Gasteiger partial charge in [0.15, 0.2) is 0 Å². The van der Waals surface area contributed by atoms with E-state index in [0.29, 0.717) is 69.1 Å². The molecule has 2 heterocycles. The molecule has 6 nitrogen and oxygen atoms in total. The maximum Gasteiger partial charge on any atom is 0.256 e. The van der Waals surface area contributed by atoms with E-state index in [2.05, 4.69) is 10.6 Å². The summed E-state index contributed by atoms with van der Waals surface area (Å²) in [5.41, 5.74) is 5.85. The zero-order valence-corrected chi connectivity index (χ0v) is 22.8. The number of thioether (sulfide) groups is 2. The number of rotatable bonds is 0. The fraction of sp³-hybridized carbons (Fsp3) is 0.125. The maximum atomic E-state index is 13.7. The smallest absolute Gasteiger partial charge is 0.256 e. The summed E-state index contributed by atoms with van der Waals surface area (Å²) in [6.45, 7) is 0. The van der Waals surface area contributed by atoms with Crippen LogP contribution in [0, 0.1) is 0 Å². The average Bonchev–Trinajstić information content (AvgIpc) is 2.94. The van der Waals surface area contributed by atoms with Gasteiger partial charge in [0.2, 0.25) is 10.2 Å². The van der Waals surface area contributed by atoms with Crippen LogP contribution in [-0.2, 0) is 25.7 Å². The van der Waals surface area contributed by atoms with Crippen LogP contribution in [0.5, 0.6) is 0 Å². The van der Waals surface area contributed by atoms with Crippen LogP contribution in [0.2, 0.25) is 0 Å². The van der Waals surface area contributed by atoms with Gasteiger partial charge in [-0.2, -0.15) is 0 Å². The van der Waals surface area contributed by atoms with Crippen molar-refractivity contribution in [2.45, 2.75) is 35.5 Å². The van der Waals surface area contributed by atoms with Gasteiger partial charge in [-0.3, -0.25) is 19.2 Å². The number of carbonyl (C=O) groups is 4. The molecule has 2 aliphatic carbocycles. The molecule has 0 saturated heterocycles. The van der Waals surface area contributed by atoms with Crippen LogP contribution >= 0.6 is 23.5 Å². The Morgan fingerprint density at radius 2 is 0.800 bits per heavy atom. The zero-order valence-electron chi connectivity index (χ0n) is 21.2. The number of amides is 2. The molecule has 4 aromatic rings. The van der Waals surface area contributed by atoms with Gasteiger partial charge in [0, 0.05) is 20.9 Å². The SMILES string of the molecule is O=C1Nc2ccccc2SC(=O)c2c3ccc(c21)CCc1ccc(c2c1C(=O)Nc1ccccc1SC2=O)CC3. The van der Waals surface area contributed by atoms with Crippen LogP contribution in [0.4, 0.5) is 11.4 Å². The standard InChI is InChI=1S/C32H22N2O4S2/c35-29-25-17-9-10-18-12-14-20(28-26(18)30(36)34-22-6-2-4-8-24(22)40-32(28)38)16-15-19(13-11-17)27(25)31(37)39-23-7-3-1-5-21(23)33-29/h1-8,11-14H,9-10,15-16H2,(H,33,35)(H,34,36). The fourth-order valence-electron chi connectivity index (χ4n) is 5.72. The first-order valence-corrected chi connectivity index (χ1v) is 14.7. The van der Waals surface area contributed by atoms with Crippen LogP contribution in [0.3, 0.4) is 0 Å². The molecule has 0 aromatic heterocycles. The molecule has 8 rings (SSSR count). The van der Waals surface area contributed by atoms with Crippen molar-refractivity contribution in [1.29, 1.82) is 0 Å². The highest BCUT2D eigenvalue weighted by Gasteiger charge is 2.32. The molecule has 0 fully saturated rings. The predicted octanol–water partition coefficient (Wildman–Crippen LogP) is 6.57. The predicted molar refractivity (Wildman–Crippen MR) is 157 cm³/mol. The van der Waals surface area contributed by atoms with Gasteiger partial charge >= 0.3 is 0 Å². The summed E-state index contributed by atoms with van der Waals surface area (Å²) >= 11 is 2.24. The van der Waals surface area contributed by atoms with E-state index in [-0.39, 0.29) is 22.0 Å². The Balaban J connectivity index is 1.36. The fourth-order valence-corrected chi connectivity index (χ4v) is 7.55. The van der Waals surface area contributed by atoms with E-state index in [0.717, 1.165) is 45.8 Å². The van der Waals surface area contributed by atoms with Gasteiger partial charge in [0.25, 0.3) is 11.8 Å². The maximum absolute atomic E-state index is 13.7. The minimum absolute atomic E-state index is 0.168. The summed E-state index contributed by atoms with van der Waals surface area (Å²) < 4.78 is 0. The van der Waals surface area contributed by atoms with Crippen molar-refractivity contribution in [1.82, 2.24) is 0 Å². The van der Waals surface area contributed by atoms with E-state index >= 15 is 0 Å². The van der Waals surface area contributed by atoms with E-state index in [4.69, 9.17) is 0 Å². The highest BCUT2D eigenvalue weighted by Crippen LogP contribution is 2.39. The van der Waals surface area contributed by atoms with Gasteiger partial charge in [0.1, 0.15) is 0 Å². The lowest BCUT2D eigenvalue weighted by Gasteiger charge is -2.24. The molecular formula is C32H22N2O4S2. The molecule has 2 aliphatic heterocycles. The quantitative estimate of drug-likeness (QED) is 0.252. The number of anilines is 2. The van der Waals surface area contributed by atoms with Crippen LogP contribution in [0.1, 0.15) is 63.7 Å². The Bertz CT molecular complexity index is 1540. The number of hydrogen-bond donors (Lipinski definition) is 2. The Kier molecular flexibility index (Phi) is 6.09. The second kappa shape index (κ2) is 9.80. The number of carbonyl (C=O) groups excluding carboxylic acids is 4. The molecule has 4 aliphatic rings. The third-order valence-corrected chi connectivity index (χ3v) is 9.55. The Morgan fingerprint density at radius 3 is 1.20 bits per heavy atom. The highest BCUT2D eigenvalue weighted by molar-refractivity contribution is 8.14. The Labute approximate surface area is 238 Å². The van der Waals surface area contributed by atoms with E-state index in [1.807, 2.05) is 60.7 Å². The Hall–Kier alpha value is -4.14. The van der Waals surface area contributed by atoms with Crippen molar-refractivity contribution in [2.24, 2.45) is 0 Å². The summed E-state index contributed by atoms with van der Waals surface area (Å²) in [5, 5.41) is 5.69. The monoisotopic (exact) mass is 562 g/mol. The molecule has 0 atom stereocenters. The van der Waals surface area contributed by atoms with Crippen molar-refractivity contribution < 1.29 is 19.2 Å². The van der Waals surface area contributed by atoms with Gasteiger partial charge in [-0.25, -0.2) is 0 Å². The topological polar surface area (TPSA) is 92.3 Å². The lowest BCUT2D eigenvalue weighted by atomic mass is 9.85.